The van der Waals surface area contributed by atoms with E-state index in [0.29, 0.717) is 17.2 Å². The average molecular weight is 220 g/mol. The fraction of sp³-hybridized carbons (Fsp3) is 0.273. The van der Waals surface area contributed by atoms with E-state index in [4.69, 9.17) is 14.7 Å². The van der Waals surface area contributed by atoms with E-state index >= 15 is 0 Å². The highest BCUT2D eigenvalue weighted by molar-refractivity contribution is 6.03. The third-order valence-corrected chi connectivity index (χ3v) is 2.07. The van der Waals surface area contributed by atoms with Crippen molar-refractivity contribution in [3.63, 3.8) is 0 Å². The van der Waals surface area contributed by atoms with Crippen LogP contribution in [0.5, 0.6) is 11.5 Å². The van der Waals surface area contributed by atoms with Crippen LogP contribution in [0.1, 0.15) is 5.56 Å². The van der Waals surface area contributed by atoms with Crippen molar-refractivity contribution >= 4 is 11.6 Å². The summed E-state index contributed by atoms with van der Waals surface area (Å²) in [5.41, 5.74) is 1.30. The van der Waals surface area contributed by atoms with Gasteiger partial charge < -0.3 is 14.8 Å². The topological polar surface area (TPSA) is 71.3 Å². The van der Waals surface area contributed by atoms with E-state index in [9.17, 15) is 4.79 Å². The third kappa shape index (κ3) is 2.42. The molecule has 0 heterocycles. The molecule has 1 rings (SSSR count). The minimum Gasteiger partial charge on any atom is -0.496 e. The molecule has 1 aromatic rings. The Balaban J connectivity index is 3.15. The van der Waals surface area contributed by atoms with Gasteiger partial charge in [0.25, 0.3) is 0 Å². The van der Waals surface area contributed by atoms with E-state index in [1.54, 1.807) is 12.1 Å². The van der Waals surface area contributed by atoms with Gasteiger partial charge in [-0.3, -0.25) is 4.79 Å². The van der Waals surface area contributed by atoms with Crippen LogP contribution in [0.3, 0.4) is 0 Å². The Morgan fingerprint density at radius 1 is 1.31 bits per heavy atom. The zero-order valence-electron chi connectivity index (χ0n) is 9.33. The van der Waals surface area contributed by atoms with Crippen molar-refractivity contribution in [2.45, 2.75) is 6.92 Å². The molecule has 0 unspecified atom stereocenters. The molecule has 1 amide bonds. The molecule has 0 spiro atoms. The second kappa shape index (κ2) is 5.03. The van der Waals surface area contributed by atoms with Crippen LogP contribution < -0.4 is 14.8 Å². The lowest BCUT2D eigenvalue weighted by molar-refractivity contribution is -0.111. The summed E-state index contributed by atoms with van der Waals surface area (Å²) in [6, 6.07) is 4.81. The Labute approximate surface area is 93.6 Å². The molecule has 1 N–H and O–H groups in total. The van der Waals surface area contributed by atoms with Crippen molar-refractivity contribution in [3.05, 3.63) is 17.7 Å². The first-order chi connectivity index (χ1) is 7.62. The molecular weight excluding hydrogens is 208 g/mol. The molecule has 5 nitrogen and oxygen atoms in total. The predicted octanol–water partition coefficient (Wildman–Crippen LogP) is 1.47. The summed E-state index contributed by atoms with van der Waals surface area (Å²) in [5.74, 6) is 0.361. The third-order valence-electron chi connectivity index (χ3n) is 2.07. The summed E-state index contributed by atoms with van der Waals surface area (Å²) < 4.78 is 10.2. The van der Waals surface area contributed by atoms with Gasteiger partial charge in [-0.05, 0) is 18.6 Å². The van der Waals surface area contributed by atoms with Crippen LogP contribution in [0, 0.1) is 18.3 Å². The summed E-state index contributed by atoms with van der Waals surface area (Å²) in [7, 11) is 3.02. The maximum absolute atomic E-state index is 11.0. The number of ether oxygens (including phenoxy) is 2. The number of carbonyl (C=O) groups excluding carboxylic acids is 1. The smallest absolute Gasteiger partial charge is 0.326 e. The largest absolute Gasteiger partial charge is 0.496 e. The van der Waals surface area contributed by atoms with E-state index in [-0.39, 0.29) is 0 Å². The van der Waals surface area contributed by atoms with Crippen molar-refractivity contribution in [2.75, 3.05) is 19.5 Å². The number of methoxy groups -OCH3 is 2. The normalized spacial score (nSPS) is 9.12. The van der Waals surface area contributed by atoms with Crippen molar-refractivity contribution in [1.29, 1.82) is 5.26 Å². The maximum atomic E-state index is 11.0. The van der Waals surface area contributed by atoms with Gasteiger partial charge in [0.05, 0.1) is 19.9 Å². The first kappa shape index (κ1) is 11.9. The number of rotatable bonds is 3. The van der Waals surface area contributed by atoms with Crippen molar-refractivity contribution in [3.8, 4) is 17.6 Å². The van der Waals surface area contributed by atoms with Gasteiger partial charge in [-0.1, -0.05) is 0 Å². The SMILES string of the molecule is COc1cc(NC(=O)C#N)c(OC)cc1C. The van der Waals surface area contributed by atoms with Gasteiger partial charge >= 0.3 is 5.91 Å². The van der Waals surface area contributed by atoms with Gasteiger partial charge in [-0.2, -0.15) is 5.26 Å². The number of carbonyl (C=O) groups is 1. The number of nitrogens with zero attached hydrogens (tertiary/aromatic N) is 1. The van der Waals surface area contributed by atoms with Crippen LogP contribution in [0.25, 0.3) is 0 Å². The van der Waals surface area contributed by atoms with Gasteiger partial charge in [0.1, 0.15) is 11.5 Å². The van der Waals surface area contributed by atoms with E-state index < -0.39 is 5.91 Å². The summed E-state index contributed by atoms with van der Waals surface area (Å²) in [6.07, 6.45) is 0. The molecule has 0 aliphatic rings. The zero-order valence-corrected chi connectivity index (χ0v) is 9.33. The molecule has 0 aliphatic heterocycles. The fourth-order valence-corrected chi connectivity index (χ4v) is 1.30. The Hall–Kier alpha value is -2.22. The molecular formula is C11H12N2O3. The minimum absolute atomic E-state index is 0.413. The molecule has 0 radical (unpaired) electrons. The van der Waals surface area contributed by atoms with Gasteiger partial charge in [0.2, 0.25) is 0 Å². The van der Waals surface area contributed by atoms with Crippen LogP contribution in [0.2, 0.25) is 0 Å². The number of nitriles is 1. The molecule has 0 saturated heterocycles. The summed E-state index contributed by atoms with van der Waals surface area (Å²) >= 11 is 0. The number of nitrogens with one attached hydrogen (secondary N) is 1. The summed E-state index contributed by atoms with van der Waals surface area (Å²) in [6.45, 7) is 1.86. The van der Waals surface area contributed by atoms with Crippen molar-refractivity contribution < 1.29 is 14.3 Å². The first-order valence-electron chi connectivity index (χ1n) is 4.56. The Bertz CT molecular complexity index is 449. The van der Waals surface area contributed by atoms with E-state index in [0.717, 1.165) is 5.56 Å². The van der Waals surface area contributed by atoms with Crippen LogP contribution in [0.15, 0.2) is 12.1 Å². The highest BCUT2D eigenvalue weighted by atomic mass is 16.5. The molecule has 0 aromatic heterocycles. The van der Waals surface area contributed by atoms with Crippen LogP contribution in [0.4, 0.5) is 5.69 Å². The lowest BCUT2D eigenvalue weighted by Gasteiger charge is -2.12. The van der Waals surface area contributed by atoms with Crippen LogP contribution in [-0.2, 0) is 4.79 Å². The summed E-state index contributed by atoms with van der Waals surface area (Å²) in [5, 5.41) is 10.8. The molecule has 0 fully saturated rings. The van der Waals surface area contributed by atoms with E-state index in [1.165, 1.54) is 20.3 Å². The number of amides is 1. The number of hydrogen-bond acceptors (Lipinski definition) is 4. The Morgan fingerprint density at radius 2 is 1.94 bits per heavy atom. The predicted molar refractivity (Wildman–Crippen MR) is 58.5 cm³/mol. The lowest BCUT2D eigenvalue weighted by Crippen LogP contribution is -2.09. The highest BCUT2D eigenvalue weighted by Crippen LogP contribution is 2.32. The van der Waals surface area contributed by atoms with Crippen molar-refractivity contribution in [1.82, 2.24) is 0 Å². The molecule has 5 heteroatoms. The Kier molecular flexibility index (Phi) is 3.72. The Morgan fingerprint density at radius 3 is 2.44 bits per heavy atom. The lowest BCUT2D eigenvalue weighted by atomic mass is 10.2. The van der Waals surface area contributed by atoms with Gasteiger partial charge in [0, 0.05) is 6.07 Å². The number of aryl methyl sites for hydroxylation is 1. The van der Waals surface area contributed by atoms with Crippen molar-refractivity contribution in [2.24, 2.45) is 0 Å². The number of anilines is 1. The molecule has 0 bridgehead atoms. The number of benzene rings is 1. The standard InChI is InChI=1S/C11H12N2O3/c1-7-4-10(16-3)8(5-9(7)15-2)13-11(14)6-12/h4-5H,1-3H3,(H,13,14). The van der Waals surface area contributed by atoms with Gasteiger partial charge in [0.15, 0.2) is 6.07 Å². The maximum Gasteiger partial charge on any atom is 0.326 e. The van der Waals surface area contributed by atoms with E-state index in [2.05, 4.69) is 5.32 Å². The molecule has 84 valence electrons. The van der Waals surface area contributed by atoms with Crippen LogP contribution >= 0.6 is 0 Å². The second-order valence-electron chi connectivity index (χ2n) is 3.09. The molecule has 1 aromatic carbocycles. The fourth-order valence-electron chi connectivity index (χ4n) is 1.30. The van der Waals surface area contributed by atoms with Crippen LogP contribution in [-0.4, -0.2) is 20.1 Å². The van der Waals surface area contributed by atoms with Gasteiger partial charge in [-0.15, -0.1) is 0 Å². The zero-order chi connectivity index (χ0) is 12.1. The first-order valence-corrected chi connectivity index (χ1v) is 4.56. The number of hydrogen-bond donors (Lipinski definition) is 1. The minimum atomic E-state index is -0.746. The molecule has 0 aliphatic carbocycles. The molecule has 0 atom stereocenters. The summed E-state index contributed by atoms with van der Waals surface area (Å²) in [4.78, 5) is 11.0. The average Bonchev–Trinajstić information content (AvgIpc) is 2.30. The monoisotopic (exact) mass is 220 g/mol. The van der Waals surface area contributed by atoms with E-state index in [1.807, 2.05) is 6.92 Å². The second-order valence-corrected chi connectivity index (χ2v) is 3.09. The highest BCUT2D eigenvalue weighted by Gasteiger charge is 2.10. The van der Waals surface area contributed by atoms with Gasteiger partial charge in [-0.25, -0.2) is 0 Å². The quantitative estimate of drug-likeness (QED) is 0.783. The molecule has 0 saturated carbocycles. The molecule has 16 heavy (non-hydrogen) atoms.